The fourth-order valence-electron chi connectivity index (χ4n) is 4.12. The number of anilines is 1. The average molecular weight is 381 g/mol. The minimum absolute atomic E-state index is 0.537. The summed E-state index contributed by atoms with van der Waals surface area (Å²) in [7, 11) is 0. The Morgan fingerprint density at radius 2 is 1.72 bits per heavy atom. The van der Waals surface area contributed by atoms with E-state index < -0.39 is 0 Å². The third kappa shape index (κ3) is 3.16. The summed E-state index contributed by atoms with van der Waals surface area (Å²) in [5, 5.41) is 8.51. The van der Waals surface area contributed by atoms with Crippen molar-refractivity contribution in [2.45, 2.75) is 31.7 Å². The number of nitrogens with zero attached hydrogens (tertiary/aromatic N) is 5. The molecule has 3 heterocycles. The lowest BCUT2D eigenvalue weighted by atomic mass is 10.0. The number of benzene rings is 1. The van der Waals surface area contributed by atoms with Gasteiger partial charge >= 0.3 is 0 Å². The standard InChI is InChI=1S/C24H23N5/c1-2-5-17(6-3-1)19-11-14-22(18-9-10-18)28(15-19)23-8-4-7-21(26-23)24-27-25-16-29(24)20-12-13-20/h1-8,11,14,16,18,20H,9-10,12-13,15H2. The predicted octanol–water partition coefficient (Wildman–Crippen LogP) is 4.87. The molecule has 1 aliphatic heterocycles. The van der Waals surface area contributed by atoms with E-state index in [1.165, 1.54) is 42.5 Å². The topological polar surface area (TPSA) is 46.8 Å². The van der Waals surface area contributed by atoms with E-state index in [2.05, 4.69) is 74.3 Å². The molecule has 0 N–H and O–H groups in total. The van der Waals surface area contributed by atoms with E-state index in [4.69, 9.17) is 4.98 Å². The van der Waals surface area contributed by atoms with Crippen molar-refractivity contribution in [3.8, 4) is 11.5 Å². The molecule has 3 aliphatic rings. The molecule has 29 heavy (non-hydrogen) atoms. The van der Waals surface area contributed by atoms with E-state index >= 15 is 0 Å². The molecule has 0 radical (unpaired) electrons. The van der Waals surface area contributed by atoms with E-state index in [1.807, 2.05) is 12.4 Å². The second kappa shape index (κ2) is 6.69. The fourth-order valence-corrected chi connectivity index (χ4v) is 4.12. The zero-order valence-corrected chi connectivity index (χ0v) is 16.3. The molecule has 144 valence electrons. The summed E-state index contributed by atoms with van der Waals surface area (Å²) < 4.78 is 2.18. The zero-order chi connectivity index (χ0) is 19.2. The van der Waals surface area contributed by atoms with Crippen LogP contribution in [0.5, 0.6) is 0 Å². The summed E-state index contributed by atoms with van der Waals surface area (Å²) in [6, 6.07) is 17.4. The van der Waals surface area contributed by atoms with Crippen molar-refractivity contribution in [1.82, 2.24) is 19.7 Å². The van der Waals surface area contributed by atoms with E-state index in [9.17, 15) is 0 Å². The van der Waals surface area contributed by atoms with Gasteiger partial charge in [-0.05, 0) is 60.9 Å². The molecule has 0 saturated heterocycles. The number of pyridine rings is 1. The number of hydrogen-bond donors (Lipinski definition) is 0. The van der Waals surface area contributed by atoms with Gasteiger partial charge in [0.05, 0.1) is 0 Å². The smallest absolute Gasteiger partial charge is 0.182 e. The molecule has 2 aromatic heterocycles. The third-order valence-electron chi connectivity index (χ3n) is 5.99. The van der Waals surface area contributed by atoms with Crippen LogP contribution in [0.15, 0.2) is 72.7 Å². The largest absolute Gasteiger partial charge is 0.325 e. The molecular weight excluding hydrogens is 358 g/mol. The second-order valence-corrected chi connectivity index (χ2v) is 8.18. The van der Waals surface area contributed by atoms with Gasteiger partial charge in [-0.1, -0.05) is 42.5 Å². The first-order valence-electron chi connectivity index (χ1n) is 10.5. The van der Waals surface area contributed by atoms with Crippen LogP contribution in [0.25, 0.3) is 17.1 Å². The van der Waals surface area contributed by atoms with Gasteiger partial charge in [-0.25, -0.2) is 4.98 Å². The Bertz CT molecular complexity index is 1100. The predicted molar refractivity (Wildman–Crippen MR) is 114 cm³/mol. The number of allylic oxidation sites excluding steroid dienone is 3. The number of rotatable bonds is 5. The van der Waals surface area contributed by atoms with Crippen molar-refractivity contribution in [1.29, 1.82) is 0 Å². The van der Waals surface area contributed by atoms with Crippen molar-refractivity contribution in [2.24, 2.45) is 5.92 Å². The Morgan fingerprint density at radius 3 is 2.52 bits per heavy atom. The normalized spacial score (nSPS) is 19.1. The van der Waals surface area contributed by atoms with Crippen molar-refractivity contribution < 1.29 is 0 Å². The Labute approximate surface area is 170 Å². The molecule has 3 aromatic rings. The van der Waals surface area contributed by atoms with Crippen molar-refractivity contribution in [2.75, 3.05) is 11.4 Å². The van der Waals surface area contributed by atoms with Crippen molar-refractivity contribution >= 4 is 11.4 Å². The van der Waals surface area contributed by atoms with Crippen molar-refractivity contribution in [3.05, 3.63) is 78.3 Å². The van der Waals surface area contributed by atoms with E-state index in [1.54, 1.807) is 0 Å². The minimum atomic E-state index is 0.537. The van der Waals surface area contributed by atoms with E-state index in [0.717, 1.165) is 23.9 Å². The molecular formula is C24H23N5. The lowest BCUT2D eigenvalue weighted by Crippen LogP contribution is -2.28. The maximum Gasteiger partial charge on any atom is 0.182 e. The Hall–Kier alpha value is -3.21. The fraction of sp³-hybridized carbons (Fsp3) is 0.292. The zero-order valence-electron chi connectivity index (χ0n) is 16.3. The highest BCUT2D eigenvalue weighted by atomic mass is 15.3. The van der Waals surface area contributed by atoms with E-state index in [-0.39, 0.29) is 0 Å². The van der Waals surface area contributed by atoms with Crippen LogP contribution in [0.3, 0.4) is 0 Å². The van der Waals surface area contributed by atoms with Crippen molar-refractivity contribution in [3.63, 3.8) is 0 Å². The van der Waals surface area contributed by atoms with Gasteiger partial charge in [-0.3, -0.25) is 0 Å². The Kier molecular flexibility index (Phi) is 3.86. The maximum atomic E-state index is 5.03. The van der Waals surface area contributed by atoms with Crippen LogP contribution in [0.4, 0.5) is 5.82 Å². The molecule has 0 unspecified atom stereocenters. The highest BCUT2D eigenvalue weighted by Crippen LogP contribution is 2.42. The first-order valence-corrected chi connectivity index (χ1v) is 10.5. The van der Waals surface area contributed by atoms with Crippen LogP contribution in [-0.2, 0) is 0 Å². The molecule has 5 nitrogen and oxygen atoms in total. The van der Waals surface area contributed by atoms with Gasteiger partial charge in [0.2, 0.25) is 0 Å². The molecule has 0 spiro atoms. The average Bonchev–Trinajstić information content (AvgIpc) is 3.73. The maximum absolute atomic E-state index is 5.03. The molecule has 0 atom stereocenters. The Balaban J connectivity index is 1.37. The molecule has 2 saturated carbocycles. The lowest BCUT2D eigenvalue weighted by molar-refractivity contribution is 0.743. The quantitative estimate of drug-likeness (QED) is 0.632. The minimum Gasteiger partial charge on any atom is -0.325 e. The van der Waals surface area contributed by atoms with Crippen LogP contribution in [0.1, 0.15) is 37.3 Å². The molecule has 5 heteroatoms. The molecule has 2 fully saturated rings. The molecule has 6 rings (SSSR count). The van der Waals surface area contributed by atoms with E-state index in [0.29, 0.717) is 12.0 Å². The van der Waals surface area contributed by atoms with Gasteiger partial charge in [0.15, 0.2) is 5.82 Å². The summed E-state index contributed by atoms with van der Waals surface area (Å²) >= 11 is 0. The first-order chi connectivity index (χ1) is 14.4. The third-order valence-corrected chi connectivity index (χ3v) is 5.99. The molecule has 0 amide bonds. The van der Waals surface area contributed by atoms with Gasteiger partial charge in [-0.2, -0.15) is 0 Å². The summed E-state index contributed by atoms with van der Waals surface area (Å²) in [5.41, 5.74) is 4.88. The Morgan fingerprint density at radius 1 is 0.862 bits per heavy atom. The van der Waals surface area contributed by atoms with Crippen LogP contribution in [-0.4, -0.2) is 26.3 Å². The van der Waals surface area contributed by atoms with Gasteiger partial charge in [0, 0.05) is 18.3 Å². The highest BCUT2D eigenvalue weighted by Gasteiger charge is 2.33. The van der Waals surface area contributed by atoms with Gasteiger partial charge in [-0.15, -0.1) is 10.2 Å². The lowest BCUT2D eigenvalue weighted by Gasteiger charge is -2.31. The molecule has 2 aliphatic carbocycles. The van der Waals surface area contributed by atoms with Gasteiger partial charge < -0.3 is 9.47 Å². The second-order valence-electron chi connectivity index (χ2n) is 8.18. The van der Waals surface area contributed by atoms with Crippen LogP contribution < -0.4 is 4.90 Å². The molecule has 0 bridgehead atoms. The summed E-state index contributed by atoms with van der Waals surface area (Å²) in [4.78, 5) is 7.42. The van der Waals surface area contributed by atoms with Crippen LogP contribution >= 0.6 is 0 Å². The van der Waals surface area contributed by atoms with Crippen LogP contribution in [0.2, 0.25) is 0 Å². The summed E-state index contributed by atoms with van der Waals surface area (Å²) in [5.74, 6) is 2.53. The highest BCUT2D eigenvalue weighted by molar-refractivity contribution is 5.75. The monoisotopic (exact) mass is 381 g/mol. The molecule has 1 aromatic carbocycles. The summed E-state index contributed by atoms with van der Waals surface area (Å²) in [6.45, 7) is 0.845. The van der Waals surface area contributed by atoms with Crippen LogP contribution in [0, 0.1) is 5.92 Å². The van der Waals surface area contributed by atoms with Gasteiger partial charge in [0.1, 0.15) is 17.8 Å². The first kappa shape index (κ1) is 16.7. The van der Waals surface area contributed by atoms with Gasteiger partial charge in [0.25, 0.3) is 0 Å². The number of hydrogen-bond acceptors (Lipinski definition) is 4. The number of aromatic nitrogens is 4. The SMILES string of the molecule is C1=C(c2ccccc2)CN(c2cccc(-c3nncn3C3CC3)n2)C(C2CC2)=C1. The summed E-state index contributed by atoms with van der Waals surface area (Å²) in [6.07, 6.45) is 11.4.